The van der Waals surface area contributed by atoms with Gasteiger partial charge in [-0.15, -0.1) is 0 Å². The van der Waals surface area contributed by atoms with Crippen LogP contribution in [0.2, 0.25) is 0 Å². The molecule has 0 saturated carbocycles. The SMILES string of the molecule is Cn1nc(Br)c2cnc(Br)cc21. The number of rotatable bonds is 0. The van der Waals surface area contributed by atoms with Gasteiger partial charge in [0.25, 0.3) is 0 Å². The van der Waals surface area contributed by atoms with E-state index in [9.17, 15) is 0 Å². The van der Waals surface area contributed by atoms with E-state index in [0.717, 1.165) is 20.1 Å². The summed E-state index contributed by atoms with van der Waals surface area (Å²) >= 11 is 6.66. The van der Waals surface area contributed by atoms with Crippen molar-refractivity contribution in [2.45, 2.75) is 0 Å². The van der Waals surface area contributed by atoms with Gasteiger partial charge in [-0.05, 0) is 37.9 Å². The molecule has 0 N–H and O–H groups in total. The minimum atomic E-state index is 0.825. The predicted octanol–water partition coefficient (Wildman–Crippen LogP) is 2.49. The molecule has 0 atom stereocenters. The van der Waals surface area contributed by atoms with E-state index in [2.05, 4.69) is 41.9 Å². The number of hydrogen-bond donors (Lipinski definition) is 0. The third kappa shape index (κ3) is 1.17. The molecule has 0 aliphatic rings. The minimum Gasteiger partial charge on any atom is -0.267 e. The molecule has 0 bridgehead atoms. The summed E-state index contributed by atoms with van der Waals surface area (Å²) in [7, 11) is 1.90. The third-order valence-electron chi connectivity index (χ3n) is 1.66. The first kappa shape index (κ1) is 8.19. The molecule has 0 saturated heterocycles. The standard InChI is InChI=1S/C7H5Br2N3/c1-12-5-2-6(8)10-3-4(5)7(9)11-12/h2-3H,1H3. The second kappa shape index (κ2) is 2.81. The minimum absolute atomic E-state index is 0.825. The van der Waals surface area contributed by atoms with Crippen LogP contribution < -0.4 is 0 Å². The Morgan fingerprint density at radius 3 is 2.92 bits per heavy atom. The van der Waals surface area contributed by atoms with Gasteiger partial charge in [0.05, 0.1) is 10.9 Å². The van der Waals surface area contributed by atoms with E-state index in [4.69, 9.17) is 0 Å². The van der Waals surface area contributed by atoms with E-state index < -0.39 is 0 Å². The van der Waals surface area contributed by atoms with Crippen molar-refractivity contribution in [3.8, 4) is 0 Å². The average molecular weight is 291 g/mol. The largest absolute Gasteiger partial charge is 0.267 e. The van der Waals surface area contributed by atoms with E-state index in [1.54, 1.807) is 6.20 Å². The van der Waals surface area contributed by atoms with Crippen molar-refractivity contribution >= 4 is 42.8 Å². The Morgan fingerprint density at radius 1 is 1.42 bits per heavy atom. The van der Waals surface area contributed by atoms with Crippen LogP contribution in [-0.4, -0.2) is 14.8 Å². The zero-order valence-corrected chi connectivity index (χ0v) is 9.42. The number of halogens is 2. The average Bonchev–Trinajstić information content (AvgIpc) is 2.28. The molecule has 2 aromatic rings. The van der Waals surface area contributed by atoms with Gasteiger partial charge in [-0.2, -0.15) is 5.10 Å². The van der Waals surface area contributed by atoms with Crippen LogP contribution in [-0.2, 0) is 7.05 Å². The Labute approximate surface area is 86.0 Å². The molecule has 12 heavy (non-hydrogen) atoms. The van der Waals surface area contributed by atoms with Crippen LogP contribution in [0.4, 0.5) is 0 Å². The van der Waals surface area contributed by atoms with Crippen LogP contribution >= 0.6 is 31.9 Å². The smallest absolute Gasteiger partial charge is 0.137 e. The zero-order valence-electron chi connectivity index (χ0n) is 6.25. The van der Waals surface area contributed by atoms with Crippen molar-refractivity contribution in [3.05, 3.63) is 21.5 Å². The highest BCUT2D eigenvalue weighted by Crippen LogP contribution is 2.23. The summed E-state index contributed by atoms with van der Waals surface area (Å²) in [5.74, 6) is 0. The molecule has 62 valence electrons. The Bertz CT molecular complexity index is 435. The van der Waals surface area contributed by atoms with Crippen molar-refractivity contribution in [1.29, 1.82) is 0 Å². The van der Waals surface area contributed by atoms with E-state index in [1.165, 1.54) is 0 Å². The molecule has 3 nitrogen and oxygen atoms in total. The molecule has 2 heterocycles. The molecule has 0 aliphatic heterocycles. The Morgan fingerprint density at radius 2 is 2.17 bits per heavy atom. The fourth-order valence-electron chi connectivity index (χ4n) is 1.09. The molecule has 0 fully saturated rings. The molecule has 0 unspecified atom stereocenters. The monoisotopic (exact) mass is 289 g/mol. The highest BCUT2D eigenvalue weighted by molar-refractivity contribution is 9.10. The molecule has 2 rings (SSSR count). The summed E-state index contributed by atoms with van der Waals surface area (Å²) in [4.78, 5) is 4.11. The van der Waals surface area contributed by atoms with Gasteiger partial charge in [-0.25, -0.2) is 4.98 Å². The van der Waals surface area contributed by atoms with Gasteiger partial charge in [-0.3, -0.25) is 4.68 Å². The lowest BCUT2D eigenvalue weighted by atomic mass is 10.3. The van der Waals surface area contributed by atoms with E-state index in [1.807, 2.05) is 17.8 Å². The topological polar surface area (TPSA) is 30.7 Å². The molecule has 0 amide bonds. The van der Waals surface area contributed by atoms with Gasteiger partial charge in [-0.1, -0.05) is 0 Å². The Kier molecular flexibility index (Phi) is 1.92. The number of fused-ring (bicyclic) bond motifs is 1. The van der Waals surface area contributed by atoms with Gasteiger partial charge in [0.15, 0.2) is 0 Å². The number of aromatic nitrogens is 3. The number of hydrogen-bond acceptors (Lipinski definition) is 2. The van der Waals surface area contributed by atoms with Crippen LogP contribution in [0.1, 0.15) is 0 Å². The highest BCUT2D eigenvalue weighted by atomic mass is 79.9. The fourth-order valence-corrected chi connectivity index (χ4v) is 1.95. The van der Waals surface area contributed by atoms with E-state index >= 15 is 0 Å². The summed E-state index contributed by atoms with van der Waals surface area (Å²) in [5, 5.41) is 5.23. The molecular formula is C7H5Br2N3. The lowest BCUT2D eigenvalue weighted by Gasteiger charge is -1.92. The summed E-state index contributed by atoms with van der Waals surface area (Å²) in [6, 6.07) is 1.94. The van der Waals surface area contributed by atoms with Crippen molar-refractivity contribution in [1.82, 2.24) is 14.8 Å². The molecule has 0 radical (unpaired) electrons. The van der Waals surface area contributed by atoms with Crippen LogP contribution in [0.3, 0.4) is 0 Å². The second-order valence-corrected chi connectivity index (χ2v) is 4.00. The van der Waals surface area contributed by atoms with E-state index in [0.29, 0.717) is 0 Å². The van der Waals surface area contributed by atoms with Gasteiger partial charge >= 0.3 is 0 Å². The zero-order chi connectivity index (χ0) is 8.72. The second-order valence-electron chi connectivity index (χ2n) is 2.44. The number of nitrogens with zero attached hydrogens (tertiary/aromatic N) is 3. The first-order valence-electron chi connectivity index (χ1n) is 3.32. The summed E-state index contributed by atoms with van der Waals surface area (Å²) in [6.45, 7) is 0. The van der Waals surface area contributed by atoms with Crippen LogP contribution in [0.15, 0.2) is 21.5 Å². The lowest BCUT2D eigenvalue weighted by Crippen LogP contribution is -1.88. The predicted molar refractivity (Wildman–Crippen MR) is 53.9 cm³/mol. The van der Waals surface area contributed by atoms with Crippen molar-refractivity contribution in [2.24, 2.45) is 7.05 Å². The molecule has 0 aromatic carbocycles. The van der Waals surface area contributed by atoms with Gasteiger partial charge in [0.1, 0.15) is 9.21 Å². The maximum absolute atomic E-state index is 4.20. The summed E-state index contributed by atoms with van der Waals surface area (Å²) < 4.78 is 3.47. The molecule has 0 spiro atoms. The summed E-state index contributed by atoms with van der Waals surface area (Å²) in [5.41, 5.74) is 1.06. The lowest BCUT2D eigenvalue weighted by molar-refractivity contribution is 0.788. The molecule has 2 aromatic heterocycles. The van der Waals surface area contributed by atoms with Crippen molar-refractivity contribution in [3.63, 3.8) is 0 Å². The number of pyridine rings is 1. The fraction of sp³-hybridized carbons (Fsp3) is 0.143. The maximum Gasteiger partial charge on any atom is 0.137 e. The first-order valence-corrected chi connectivity index (χ1v) is 4.91. The number of aryl methyl sites for hydroxylation is 1. The first-order chi connectivity index (χ1) is 5.68. The molecule has 0 aliphatic carbocycles. The van der Waals surface area contributed by atoms with Gasteiger partial charge in [0.2, 0.25) is 0 Å². The van der Waals surface area contributed by atoms with Crippen molar-refractivity contribution in [2.75, 3.05) is 0 Å². The van der Waals surface area contributed by atoms with Gasteiger partial charge < -0.3 is 0 Å². The molecule has 5 heteroatoms. The Balaban J connectivity index is 2.90. The van der Waals surface area contributed by atoms with E-state index in [-0.39, 0.29) is 0 Å². The Hall–Kier alpha value is -0.420. The summed E-state index contributed by atoms with van der Waals surface area (Å²) in [6.07, 6.45) is 1.79. The third-order valence-corrected chi connectivity index (χ3v) is 2.68. The quantitative estimate of drug-likeness (QED) is 0.698. The van der Waals surface area contributed by atoms with Crippen LogP contribution in [0, 0.1) is 0 Å². The van der Waals surface area contributed by atoms with Crippen molar-refractivity contribution < 1.29 is 0 Å². The molecular weight excluding hydrogens is 286 g/mol. The normalized spacial score (nSPS) is 10.9. The van der Waals surface area contributed by atoms with Gasteiger partial charge in [0, 0.05) is 13.2 Å². The van der Waals surface area contributed by atoms with Crippen LogP contribution in [0.5, 0.6) is 0 Å². The van der Waals surface area contributed by atoms with Crippen LogP contribution in [0.25, 0.3) is 10.9 Å². The highest BCUT2D eigenvalue weighted by Gasteiger charge is 2.05. The maximum atomic E-state index is 4.20.